The van der Waals surface area contributed by atoms with E-state index >= 15 is 0 Å². The molecule has 1 atom stereocenters. The molecule has 4 heterocycles. The Morgan fingerprint density at radius 2 is 1.86 bits per heavy atom. The minimum absolute atomic E-state index is 0.00354. The topological polar surface area (TPSA) is 68.8 Å². The molecule has 3 aromatic heterocycles. The third kappa shape index (κ3) is 3.67. The fraction of sp³-hybridized carbons (Fsp3) is 0.360. The van der Waals surface area contributed by atoms with E-state index in [0.717, 1.165) is 32.4 Å². The quantitative estimate of drug-likeness (QED) is 0.413. The maximum atomic E-state index is 13.7. The van der Waals surface area contributed by atoms with Gasteiger partial charge in [0.15, 0.2) is 5.69 Å². The smallest absolute Gasteiger partial charge is 0.330 e. The van der Waals surface area contributed by atoms with Crippen molar-refractivity contribution in [3.05, 3.63) is 64.2 Å². The zero-order valence-corrected chi connectivity index (χ0v) is 20.1. The molecule has 0 spiro atoms. The Hall–Kier alpha value is -3.69. The van der Waals surface area contributed by atoms with E-state index in [1.165, 1.54) is 17.9 Å². The molecule has 0 radical (unpaired) electrons. The van der Waals surface area contributed by atoms with Gasteiger partial charge in [-0.05, 0) is 51.0 Å². The van der Waals surface area contributed by atoms with Gasteiger partial charge in [-0.15, -0.1) is 0 Å². The molecule has 35 heavy (non-hydrogen) atoms. The standard InChI is InChI=1S/C25H25F3N6O/c1-13-10-17(11-16-7-6-14(2)30-20(13)16)24(35)34-9-8-18-21(15(34)3)31-32(4)22(18)19-12-29-33(5)23(19)25(26,27)28/h6-7,10-12,15H,8-9H2,1-5H3. The maximum Gasteiger partial charge on any atom is 0.433 e. The first-order valence-corrected chi connectivity index (χ1v) is 11.3. The lowest BCUT2D eigenvalue weighted by Crippen LogP contribution is -2.39. The second-order valence-electron chi connectivity index (χ2n) is 9.11. The van der Waals surface area contributed by atoms with Gasteiger partial charge in [0.2, 0.25) is 0 Å². The van der Waals surface area contributed by atoms with Gasteiger partial charge in [-0.3, -0.25) is 19.1 Å². The molecule has 1 aliphatic rings. The molecule has 182 valence electrons. The predicted molar refractivity (Wildman–Crippen MR) is 125 cm³/mol. The molecule has 4 aromatic rings. The molecular weight excluding hydrogens is 457 g/mol. The van der Waals surface area contributed by atoms with Gasteiger partial charge >= 0.3 is 6.18 Å². The number of fused-ring (bicyclic) bond motifs is 2. The first-order chi connectivity index (χ1) is 16.5. The fourth-order valence-corrected chi connectivity index (χ4v) is 5.11. The van der Waals surface area contributed by atoms with Crippen LogP contribution in [-0.2, 0) is 26.7 Å². The Morgan fingerprint density at radius 1 is 1.11 bits per heavy atom. The normalized spacial score (nSPS) is 16.1. The van der Waals surface area contributed by atoms with Crippen LogP contribution in [0.5, 0.6) is 0 Å². The van der Waals surface area contributed by atoms with Crippen molar-refractivity contribution in [2.24, 2.45) is 14.1 Å². The molecule has 0 aliphatic carbocycles. The van der Waals surface area contributed by atoms with E-state index in [0.29, 0.717) is 29.9 Å². The summed E-state index contributed by atoms with van der Waals surface area (Å²) in [5.41, 5.74) is 4.14. The lowest BCUT2D eigenvalue weighted by atomic mass is 9.94. The number of halogens is 3. The molecule has 1 amide bonds. The summed E-state index contributed by atoms with van der Waals surface area (Å²) < 4.78 is 43.6. The number of amides is 1. The van der Waals surface area contributed by atoms with Gasteiger partial charge in [0, 0.05) is 42.8 Å². The van der Waals surface area contributed by atoms with E-state index in [-0.39, 0.29) is 11.5 Å². The molecule has 0 saturated carbocycles. The van der Waals surface area contributed by atoms with Crippen LogP contribution in [0, 0.1) is 13.8 Å². The molecule has 10 heteroatoms. The number of aryl methyl sites for hydroxylation is 4. The summed E-state index contributed by atoms with van der Waals surface area (Å²) in [4.78, 5) is 19.8. The summed E-state index contributed by atoms with van der Waals surface area (Å²) in [6.45, 7) is 6.09. The summed E-state index contributed by atoms with van der Waals surface area (Å²) in [5, 5.41) is 9.30. The minimum Gasteiger partial charge on any atom is -0.330 e. The minimum atomic E-state index is -4.55. The first kappa shape index (κ1) is 23.1. The van der Waals surface area contributed by atoms with Gasteiger partial charge in [-0.1, -0.05) is 6.07 Å². The number of rotatable bonds is 2. The molecule has 1 aliphatic heterocycles. The van der Waals surface area contributed by atoms with Crippen molar-refractivity contribution in [3.8, 4) is 11.3 Å². The van der Waals surface area contributed by atoms with Crippen LogP contribution in [0.4, 0.5) is 13.2 Å². The average Bonchev–Trinajstić information content (AvgIpc) is 3.33. The number of carbonyl (C=O) groups is 1. The molecule has 1 unspecified atom stereocenters. The average molecular weight is 483 g/mol. The number of benzene rings is 1. The molecule has 0 bridgehead atoms. The summed E-state index contributed by atoms with van der Waals surface area (Å²) in [7, 11) is 2.90. The van der Waals surface area contributed by atoms with Gasteiger partial charge in [0.05, 0.1) is 34.7 Å². The number of alkyl halides is 3. The Bertz CT molecular complexity index is 1480. The van der Waals surface area contributed by atoms with Crippen molar-refractivity contribution in [2.45, 2.75) is 39.4 Å². The van der Waals surface area contributed by atoms with Crippen molar-refractivity contribution >= 4 is 16.8 Å². The van der Waals surface area contributed by atoms with Crippen molar-refractivity contribution in [1.29, 1.82) is 0 Å². The zero-order valence-electron chi connectivity index (χ0n) is 20.1. The highest BCUT2D eigenvalue weighted by atomic mass is 19.4. The second kappa shape index (κ2) is 7.93. The number of hydrogen-bond donors (Lipinski definition) is 0. The Kier molecular flexibility index (Phi) is 5.23. The van der Waals surface area contributed by atoms with Crippen LogP contribution >= 0.6 is 0 Å². The molecule has 0 saturated heterocycles. The molecule has 0 N–H and O–H groups in total. The number of carbonyl (C=O) groups excluding carboxylic acids is 1. The number of pyridine rings is 1. The zero-order chi connectivity index (χ0) is 25.2. The largest absolute Gasteiger partial charge is 0.433 e. The molecule has 5 rings (SSSR count). The highest BCUT2D eigenvalue weighted by molar-refractivity contribution is 5.99. The molecule has 0 fully saturated rings. The van der Waals surface area contributed by atoms with Gasteiger partial charge in [0.1, 0.15) is 0 Å². The van der Waals surface area contributed by atoms with Gasteiger partial charge in [-0.2, -0.15) is 23.4 Å². The summed E-state index contributed by atoms with van der Waals surface area (Å²) in [6.07, 6.45) is -2.93. The van der Waals surface area contributed by atoms with Crippen molar-refractivity contribution < 1.29 is 18.0 Å². The van der Waals surface area contributed by atoms with Gasteiger partial charge in [0.25, 0.3) is 5.91 Å². The molecule has 1 aromatic carbocycles. The van der Waals surface area contributed by atoms with Crippen LogP contribution in [0.25, 0.3) is 22.2 Å². The van der Waals surface area contributed by atoms with Crippen LogP contribution < -0.4 is 0 Å². The highest BCUT2D eigenvalue weighted by Crippen LogP contribution is 2.41. The molecule has 7 nitrogen and oxygen atoms in total. The molecular formula is C25H25F3N6O. The summed E-state index contributed by atoms with van der Waals surface area (Å²) >= 11 is 0. The highest BCUT2D eigenvalue weighted by Gasteiger charge is 2.41. The van der Waals surface area contributed by atoms with Crippen molar-refractivity contribution in [2.75, 3.05) is 6.54 Å². The van der Waals surface area contributed by atoms with E-state index in [1.807, 2.05) is 45.0 Å². The Morgan fingerprint density at radius 3 is 2.57 bits per heavy atom. The summed E-state index contributed by atoms with van der Waals surface area (Å²) in [6, 6.07) is 7.15. The van der Waals surface area contributed by atoms with E-state index in [9.17, 15) is 18.0 Å². The number of nitrogens with zero attached hydrogens (tertiary/aromatic N) is 6. The lowest BCUT2D eigenvalue weighted by molar-refractivity contribution is -0.143. The van der Waals surface area contributed by atoms with Crippen molar-refractivity contribution in [3.63, 3.8) is 0 Å². The Labute approximate surface area is 200 Å². The monoisotopic (exact) mass is 482 g/mol. The lowest BCUT2D eigenvalue weighted by Gasteiger charge is -2.33. The first-order valence-electron chi connectivity index (χ1n) is 11.3. The van der Waals surface area contributed by atoms with Crippen LogP contribution in [-0.4, -0.2) is 41.9 Å². The van der Waals surface area contributed by atoms with E-state index in [4.69, 9.17) is 0 Å². The van der Waals surface area contributed by atoms with Crippen LogP contribution in [0.3, 0.4) is 0 Å². The second-order valence-corrected chi connectivity index (χ2v) is 9.11. The Balaban J connectivity index is 1.53. The van der Waals surface area contributed by atoms with E-state index in [2.05, 4.69) is 15.2 Å². The SMILES string of the molecule is Cc1ccc2cc(C(=O)N3CCc4c(nn(C)c4-c4cnn(C)c4C(F)(F)F)C3C)cc(C)c2n1. The van der Waals surface area contributed by atoms with Crippen molar-refractivity contribution in [1.82, 2.24) is 29.4 Å². The van der Waals surface area contributed by atoms with Crippen LogP contribution in [0.15, 0.2) is 30.5 Å². The maximum absolute atomic E-state index is 13.7. The predicted octanol–water partition coefficient (Wildman–Crippen LogP) is 4.76. The fourth-order valence-electron chi connectivity index (χ4n) is 5.11. The number of aromatic nitrogens is 5. The third-order valence-corrected chi connectivity index (χ3v) is 6.73. The van der Waals surface area contributed by atoms with E-state index in [1.54, 1.807) is 11.9 Å². The van der Waals surface area contributed by atoms with Gasteiger partial charge < -0.3 is 4.90 Å². The van der Waals surface area contributed by atoms with Gasteiger partial charge in [-0.25, -0.2) is 0 Å². The third-order valence-electron chi connectivity index (χ3n) is 6.73. The van der Waals surface area contributed by atoms with E-state index < -0.39 is 17.9 Å². The van der Waals surface area contributed by atoms with Crippen LogP contribution in [0.1, 0.15) is 51.5 Å². The van der Waals surface area contributed by atoms with Crippen LogP contribution in [0.2, 0.25) is 0 Å². The number of hydrogen-bond acceptors (Lipinski definition) is 4. The summed E-state index contributed by atoms with van der Waals surface area (Å²) in [5.74, 6) is -0.140.